The number of hydrogen-bond acceptors (Lipinski definition) is 2. The van der Waals surface area contributed by atoms with Crippen molar-refractivity contribution in [2.24, 2.45) is 11.7 Å². The second kappa shape index (κ2) is 10.6. The molecule has 0 rings (SSSR count). The molecule has 0 bridgehead atoms. The van der Waals surface area contributed by atoms with Gasteiger partial charge in [-0.05, 0) is 19.8 Å². The topological polar surface area (TPSA) is 55.1 Å². The Morgan fingerprint density at radius 1 is 1.12 bits per heavy atom. The molecule has 3 heteroatoms. The van der Waals surface area contributed by atoms with E-state index in [1.54, 1.807) is 0 Å². The van der Waals surface area contributed by atoms with Gasteiger partial charge in [0.1, 0.15) is 0 Å². The molecule has 0 aliphatic carbocycles. The monoisotopic (exact) mass is 242 g/mol. The Bertz CT molecular complexity index is 195. The molecule has 17 heavy (non-hydrogen) atoms. The van der Waals surface area contributed by atoms with Gasteiger partial charge >= 0.3 is 0 Å². The number of unbranched alkanes of at least 4 members (excludes halogenated alkanes) is 3. The van der Waals surface area contributed by atoms with Gasteiger partial charge in [-0.25, -0.2) is 0 Å². The Balaban J connectivity index is 3.77. The number of amides is 1. The predicted octanol–water partition coefficient (Wildman–Crippen LogP) is 2.84. The lowest BCUT2D eigenvalue weighted by Crippen LogP contribution is -2.39. The smallest absolute Gasteiger partial charge is 0.224 e. The van der Waals surface area contributed by atoms with Gasteiger partial charge < -0.3 is 11.1 Å². The summed E-state index contributed by atoms with van der Waals surface area (Å²) >= 11 is 0. The van der Waals surface area contributed by atoms with Crippen molar-refractivity contribution in [3.63, 3.8) is 0 Å². The van der Waals surface area contributed by atoms with Gasteiger partial charge in [-0.2, -0.15) is 0 Å². The summed E-state index contributed by atoms with van der Waals surface area (Å²) in [5, 5.41) is 3.07. The molecule has 0 aromatic carbocycles. The van der Waals surface area contributed by atoms with Crippen molar-refractivity contribution in [1.29, 1.82) is 0 Å². The number of nitrogens with one attached hydrogen (secondary N) is 1. The number of nitrogens with two attached hydrogens (primary N) is 1. The molecule has 2 unspecified atom stereocenters. The first kappa shape index (κ1) is 16.4. The highest BCUT2D eigenvalue weighted by molar-refractivity contribution is 5.79. The van der Waals surface area contributed by atoms with Gasteiger partial charge in [0.05, 0.1) is 5.92 Å². The number of carbonyl (C=O) groups is 1. The Morgan fingerprint density at radius 3 is 2.35 bits per heavy atom. The van der Waals surface area contributed by atoms with Gasteiger partial charge in [0.15, 0.2) is 0 Å². The van der Waals surface area contributed by atoms with Gasteiger partial charge in [0.2, 0.25) is 5.91 Å². The summed E-state index contributed by atoms with van der Waals surface area (Å²) in [4.78, 5) is 11.9. The van der Waals surface area contributed by atoms with E-state index in [0.29, 0.717) is 6.54 Å². The fourth-order valence-corrected chi connectivity index (χ4v) is 2.01. The molecule has 2 atom stereocenters. The van der Waals surface area contributed by atoms with E-state index in [1.807, 2.05) is 0 Å². The normalized spacial score (nSPS) is 14.4. The first-order valence-corrected chi connectivity index (χ1v) is 7.16. The van der Waals surface area contributed by atoms with Gasteiger partial charge in [0.25, 0.3) is 0 Å². The summed E-state index contributed by atoms with van der Waals surface area (Å²) < 4.78 is 0. The van der Waals surface area contributed by atoms with Crippen LogP contribution in [0.1, 0.15) is 65.7 Å². The van der Waals surface area contributed by atoms with E-state index in [0.717, 1.165) is 19.3 Å². The molecule has 102 valence electrons. The summed E-state index contributed by atoms with van der Waals surface area (Å²) in [7, 11) is 0. The van der Waals surface area contributed by atoms with Crippen LogP contribution in [0.3, 0.4) is 0 Å². The van der Waals surface area contributed by atoms with Crippen LogP contribution < -0.4 is 11.1 Å². The van der Waals surface area contributed by atoms with Crippen LogP contribution in [0, 0.1) is 5.92 Å². The summed E-state index contributed by atoms with van der Waals surface area (Å²) in [5.41, 5.74) is 5.61. The van der Waals surface area contributed by atoms with Crippen LogP contribution in [0.5, 0.6) is 0 Å². The van der Waals surface area contributed by atoms with Crippen LogP contribution in [0.2, 0.25) is 0 Å². The van der Waals surface area contributed by atoms with Gasteiger partial charge in [-0.3, -0.25) is 4.79 Å². The van der Waals surface area contributed by atoms with Crippen molar-refractivity contribution >= 4 is 5.91 Å². The average Bonchev–Trinajstić information content (AvgIpc) is 2.31. The van der Waals surface area contributed by atoms with E-state index in [-0.39, 0.29) is 17.9 Å². The lowest BCUT2D eigenvalue weighted by atomic mass is 10.0. The molecule has 0 radical (unpaired) electrons. The molecule has 0 saturated carbocycles. The summed E-state index contributed by atoms with van der Waals surface area (Å²) in [6, 6.07) is 0.283. The van der Waals surface area contributed by atoms with Crippen LogP contribution in [-0.2, 0) is 4.79 Å². The first-order valence-electron chi connectivity index (χ1n) is 7.16. The Labute approximate surface area is 107 Å². The Hall–Kier alpha value is -0.570. The molecule has 0 aromatic rings. The molecular weight excluding hydrogens is 212 g/mol. The molecule has 0 fully saturated rings. The quantitative estimate of drug-likeness (QED) is 0.579. The minimum absolute atomic E-state index is 0.00177. The molecule has 3 nitrogen and oxygen atoms in total. The van der Waals surface area contributed by atoms with Crippen LogP contribution in [0.25, 0.3) is 0 Å². The zero-order valence-corrected chi connectivity index (χ0v) is 11.8. The Kier molecular flexibility index (Phi) is 10.2. The van der Waals surface area contributed by atoms with Gasteiger partial charge in [-0.1, -0.05) is 46.0 Å². The lowest BCUT2D eigenvalue weighted by Gasteiger charge is -2.18. The number of carbonyl (C=O) groups excluding carboxylic acids is 1. The molecule has 0 aliphatic heterocycles. The molecule has 0 saturated heterocycles. The van der Waals surface area contributed by atoms with Crippen molar-refractivity contribution in [2.75, 3.05) is 6.54 Å². The standard InChI is InChI=1S/C14H30N2O/c1-4-6-7-8-10-12(3)16-14(17)13(11-15)9-5-2/h12-13H,4-11,15H2,1-3H3,(H,16,17). The molecular formula is C14H30N2O. The SMILES string of the molecule is CCCCCCC(C)NC(=O)C(CN)CCC. The highest BCUT2D eigenvalue weighted by Gasteiger charge is 2.17. The fourth-order valence-electron chi connectivity index (χ4n) is 2.01. The van der Waals surface area contributed by atoms with E-state index in [4.69, 9.17) is 5.73 Å². The van der Waals surface area contributed by atoms with Crippen molar-refractivity contribution in [2.45, 2.75) is 71.8 Å². The zero-order chi connectivity index (χ0) is 13.1. The largest absolute Gasteiger partial charge is 0.353 e. The molecule has 0 heterocycles. The van der Waals surface area contributed by atoms with Crippen LogP contribution in [0.15, 0.2) is 0 Å². The highest BCUT2D eigenvalue weighted by atomic mass is 16.1. The maximum atomic E-state index is 11.9. The van der Waals surface area contributed by atoms with E-state index in [2.05, 4.69) is 26.1 Å². The summed E-state index contributed by atoms with van der Waals surface area (Å²) in [6.07, 6.45) is 8.01. The highest BCUT2D eigenvalue weighted by Crippen LogP contribution is 2.08. The van der Waals surface area contributed by atoms with Crippen LogP contribution >= 0.6 is 0 Å². The van der Waals surface area contributed by atoms with Crippen molar-refractivity contribution in [3.05, 3.63) is 0 Å². The van der Waals surface area contributed by atoms with E-state index < -0.39 is 0 Å². The van der Waals surface area contributed by atoms with E-state index in [9.17, 15) is 4.79 Å². The average molecular weight is 242 g/mol. The third kappa shape index (κ3) is 8.19. The van der Waals surface area contributed by atoms with Crippen LogP contribution in [0.4, 0.5) is 0 Å². The predicted molar refractivity (Wildman–Crippen MR) is 73.8 cm³/mol. The van der Waals surface area contributed by atoms with E-state index in [1.165, 1.54) is 25.7 Å². The molecule has 0 spiro atoms. The van der Waals surface area contributed by atoms with Crippen LogP contribution in [-0.4, -0.2) is 18.5 Å². The van der Waals surface area contributed by atoms with Gasteiger partial charge in [-0.15, -0.1) is 0 Å². The summed E-state index contributed by atoms with van der Waals surface area (Å²) in [5.74, 6) is 0.135. The summed E-state index contributed by atoms with van der Waals surface area (Å²) in [6.45, 7) is 6.84. The van der Waals surface area contributed by atoms with Crippen molar-refractivity contribution in [3.8, 4) is 0 Å². The molecule has 0 aromatic heterocycles. The minimum atomic E-state index is -0.00177. The third-order valence-electron chi connectivity index (χ3n) is 3.17. The fraction of sp³-hybridized carbons (Fsp3) is 0.929. The first-order chi connectivity index (χ1) is 8.15. The maximum absolute atomic E-state index is 11.9. The molecule has 1 amide bonds. The van der Waals surface area contributed by atoms with Crippen molar-refractivity contribution < 1.29 is 4.79 Å². The van der Waals surface area contributed by atoms with Crippen molar-refractivity contribution in [1.82, 2.24) is 5.32 Å². The second-order valence-corrected chi connectivity index (χ2v) is 4.98. The molecule has 3 N–H and O–H groups in total. The number of hydrogen-bond donors (Lipinski definition) is 2. The Morgan fingerprint density at radius 2 is 1.82 bits per heavy atom. The second-order valence-electron chi connectivity index (χ2n) is 4.98. The minimum Gasteiger partial charge on any atom is -0.353 e. The zero-order valence-electron chi connectivity index (χ0n) is 11.8. The number of rotatable bonds is 10. The molecule has 0 aliphatic rings. The third-order valence-corrected chi connectivity index (χ3v) is 3.17. The van der Waals surface area contributed by atoms with E-state index >= 15 is 0 Å². The van der Waals surface area contributed by atoms with Gasteiger partial charge in [0, 0.05) is 12.6 Å². The maximum Gasteiger partial charge on any atom is 0.224 e. The lowest BCUT2D eigenvalue weighted by molar-refractivity contribution is -0.125.